The van der Waals surface area contributed by atoms with Crippen LogP contribution in [-0.4, -0.2) is 21.2 Å². The fraction of sp³-hybridized carbons (Fsp3) is 0.320. The highest BCUT2D eigenvalue weighted by molar-refractivity contribution is 7.99. The minimum absolute atomic E-state index is 0.102. The van der Waals surface area contributed by atoms with Crippen LogP contribution in [-0.2, 0) is 18.4 Å². The summed E-state index contributed by atoms with van der Waals surface area (Å²) >= 11 is 1.52. The molecule has 4 rings (SSSR count). The molecule has 6 nitrogen and oxygen atoms in total. The molecule has 0 aliphatic carbocycles. The first-order valence-corrected chi connectivity index (χ1v) is 11.8. The maximum absolute atomic E-state index is 12.9. The Morgan fingerprint density at radius 3 is 2.62 bits per heavy atom. The molecular weight excluding hydrogens is 422 g/mol. The van der Waals surface area contributed by atoms with Crippen molar-refractivity contribution in [1.82, 2.24) is 9.55 Å². The van der Waals surface area contributed by atoms with E-state index in [0.29, 0.717) is 23.1 Å². The summed E-state index contributed by atoms with van der Waals surface area (Å²) in [5, 5.41) is 3.51. The van der Waals surface area contributed by atoms with Crippen molar-refractivity contribution in [2.75, 3.05) is 11.1 Å². The van der Waals surface area contributed by atoms with E-state index in [1.54, 1.807) is 0 Å². The fourth-order valence-corrected chi connectivity index (χ4v) is 4.69. The van der Waals surface area contributed by atoms with Crippen LogP contribution in [0.3, 0.4) is 0 Å². The van der Waals surface area contributed by atoms with Crippen molar-refractivity contribution in [2.45, 2.75) is 44.4 Å². The monoisotopic (exact) mass is 449 g/mol. The van der Waals surface area contributed by atoms with Crippen molar-refractivity contribution in [1.29, 1.82) is 0 Å². The number of benzene rings is 2. The summed E-state index contributed by atoms with van der Waals surface area (Å²) in [6.07, 6.45) is 1.19. The number of fused-ring (bicyclic) bond motifs is 1. The maximum atomic E-state index is 12.9. The highest BCUT2D eigenvalue weighted by Gasteiger charge is 2.32. The Balaban J connectivity index is 1.59. The molecule has 0 unspecified atom stereocenters. The lowest BCUT2D eigenvalue weighted by molar-refractivity contribution is -0.116. The Kier molecular flexibility index (Phi) is 6.65. The Morgan fingerprint density at radius 1 is 1.16 bits per heavy atom. The van der Waals surface area contributed by atoms with Crippen molar-refractivity contribution < 1.29 is 9.53 Å². The summed E-state index contributed by atoms with van der Waals surface area (Å²) in [6, 6.07) is 15.8. The van der Waals surface area contributed by atoms with Crippen LogP contribution in [0.4, 0.5) is 5.82 Å². The van der Waals surface area contributed by atoms with Crippen LogP contribution in [0, 0.1) is 6.92 Å². The van der Waals surface area contributed by atoms with Crippen LogP contribution in [0.1, 0.15) is 47.9 Å². The number of ether oxygens (including phenoxy) is 1. The topological polar surface area (TPSA) is 73.2 Å². The molecule has 1 aliphatic rings. The summed E-state index contributed by atoms with van der Waals surface area (Å²) in [5.74, 6) is 1.72. The molecule has 3 aromatic rings. The third-order valence-electron chi connectivity index (χ3n) is 5.67. The number of nitrogens with one attached hydrogen (secondary N) is 1. The van der Waals surface area contributed by atoms with E-state index in [9.17, 15) is 9.59 Å². The van der Waals surface area contributed by atoms with Crippen LogP contribution < -0.4 is 15.6 Å². The number of nitrogens with zero attached hydrogens (tertiary/aromatic N) is 2. The highest BCUT2D eigenvalue weighted by atomic mass is 32.2. The number of thioether (sulfide) groups is 1. The third-order valence-corrected chi connectivity index (χ3v) is 6.91. The van der Waals surface area contributed by atoms with Gasteiger partial charge in [-0.1, -0.05) is 55.1 Å². The van der Waals surface area contributed by atoms with E-state index >= 15 is 0 Å². The largest absolute Gasteiger partial charge is 0.489 e. The molecule has 2 aromatic carbocycles. The van der Waals surface area contributed by atoms with Crippen molar-refractivity contribution in [3.05, 3.63) is 81.1 Å². The van der Waals surface area contributed by atoms with Crippen LogP contribution in [0.5, 0.6) is 5.75 Å². The summed E-state index contributed by atoms with van der Waals surface area (Å²) in [5.41, 5.74) is 3.50. The van der Waals surface area contributed by atoms with Gasteiger partial charge in [0, 0.05) is 25.1 Å². The van der Waals surface area contributed by atoms with Gasteiger partial charge < -0.3 is 14.6 Å². The number of anilines is 1. The van der Waals surface area contributed by atoms with Gasteiger partial charge in [0.25, 0.3) is 5.56 Å². The molecule has 0 spiro atoms. The fourth-order valence-electron chi connectivity index (χ4n) is 3.87. The second-order valence-corrected chi connectivity index (χ2v) is 9.02. The van der Waals surface area contributed by atoms with E-state index in [1.165, 1.54) is 17.3 Å². The molecular formula is C25H27N3O3S. The molecule has 7 heteroatoms. The molecule has 0 saturated heterocycles. The molecule has 0 bridgehead atoms. The van der Waals surface area contributed by atoms with Gasteiger partial charge >= 0.3 is 0 Å². The Labute approximate surface area is 192 Å². The lowest BCUT2D eigenvalue weighted by atomic mass is 9.87. The van der Waals surface area contributed by atoms with E-state index in [2.05, 4.69) is 36.3 Å². The lowest BCUT2D eigenvalue weighted by Gasteiger charge is -2.27. The van der Waals surface area contributed by atoms with Crippen molar-refractivity contribution in [3.63, 3.8) is 0 Å². The number of hydrogen-bond acceptors (Lipinski definition) is 5. The lowest BCUT2D eigenvalue weighted by Crippen LogP contribution is -2.33. The quantitative estimate of drug-likeness (QED) is 0.420. The summed E-state index contributed by atoms with van der Waals surface area (Å²) in [7, 11) is 1.84. The van der Waals surface area contributed by atoms with Gasteiger partial charge in [-0.3, -0.25) is 9.59 Å². The molecule has 0 radical (unpaired) electrons. The number of amides is 1. The maximum Gasteiger partial charge on any atom is 0.279 e. The second kappa shape index (κ2) is 9.61. The van der Waals surface area contributed by atoms with Gasteiger partial charge in [0.2, 0.25) is 5.91 Å². The summed E-state index contributed by atoms with van der Waals surface area (Å²) < 4.78 is 7.76. The Bertz CT molecular complexity index is 1190. The number of carbonyl (C=O) groups excluding carboxylic acids is 1. The van der Waals surface area contributed by atoms with Crippen molar-refractivity contribution in [3.8, 4) is 5.75 Å². The zero-order chi connectivity index (χ0) is 22.7. The molecule has 1 aromatic heterocycles. The van der Waals surface area contributed by atoms with E-state index < -0.39 is 0 Å². The smallest absolute Gasteiger partial charge is 0.279 e. The van der Waals surface area contributed by atoms with Gasteiger partial charge in [-0.25, -0.2) is 0 Å². The Morgan fingerprint density at radius 2 is 1.91 bits per heavy atom. The molecule has 1 amide bonds. The normalized spacial score (nSPS) is 15.2. The number of hydrogen-bond donors (Lipinski definition) is 1. The van der Waals surface area contributed by atoms with Gasteiger partial charge in [0.15, 0.2) is 5.16 Å². The number of aryl methyl sites for hydroxylation is 1. The van der Waals surface area contributed by atoms with Crippen LogP contribution in [0.25, 0.3) is 0 Å². The van der Waals surface area contributed by atoms with Crippen molar-refractivity contribution in [2.24, 2.45) is 7.05 Å². The molecule has 32 heavy (non-hydrogen) atoms. The minimum atomic E-state index is -0.333. The number of rotatable bonds is 7. The van der Waals surface area contributed by atoms with Crippen LogP contribution >= 0.6 is 11.8 Å². The van der Waals surface area contributed by atoms with E-state index in [4.69, 9.17) is 4.74 Å². The third kappa shape index (κ3) is 4.58. The first kappa shape index (κ1) is 22.1. The van der Waals surface area contributed by atoms with Crippen molar-refractivity contribution >= 4 is 23.5 Å². The second-order valence-electron chi connectivity index (χ2n) is 7.96. The average molecular weight is 450 g/mol. The van der Waals surface area contributed by atoms with Gasteiger partial charge in [-0.2, -0.15) is 4.98 Å². The first-order valence-electron chi connectivity index (χ1n) is 10.8. The van der Waals surface area contributed by atoms with E-state index in [1.807, 2.05) is 48.0 Å². The molecule has 0 fully saturated rings. The highest BCUT2D eigenvalue weighted by Crippen LogP contribution is 2.36. The SMILES string of the molecule is CCCSc1nc(=O)c2c(n1C)NC(=O)C[C@@H]2c1ccc(OCc2ccccc2C)cc1. The molecule has 1 aliphatic heterocycles. The molecule has 1 atom stereocenters. The van der Waals surface area contributed by atoms with Crippen LogP contribution in [0.15, 0.2) is 58.5 Å². The number of aromatic nitrogens is 2. The standard InChI is InChI=1S/C25H27N3O3S/c1-4-13-32-25-27-24(30)22-20(14-21(29)26-23(22)28(25)3)17-9-11-19(12-10-17)31-15-18-8-6-5-7-16(18)2/h5-12,20H,4,13-15H2,1-3H3,(H,26,29)/t20-/m1/s1. The summed E-state index contributed by atoms with van der Waals surface area (Å²) in [6.45, 7) is 4.63. The molecule has 2 heterocycles. The zero-order valence-electron chi connectivity index (χ0n) is 18.6. The molecule has 166 valence electrons. The number of carbonyl (C=O) groups is 1. The van der Waals surface area contributed by atoms with Gasteiger partial charge in [-0.15, -0.1) is 0 Å². The van der Waals surface area contributed by atoms with E-state index in [0.717, 1.165) is 29.1 Å². The van der Waals surface area contributed by atoms with Gasteiger partial charge in [0.05, 0.1) is 5.56 Å². The van der Waals surface area contributed by atoms with Crippen LogP contribution in [0.2, 0.25) is 0 Å². The van der Waals surface area contributed by atoms with Gasteiger partial charge in [-0.05, 0) is 42.2 Å². The van der Waals surface area contributed by atoms with E-state index in [-0.39, 0.29) is 23.8 Å². The molecule has 0 saturated carbocycles. The zero-order valence-corrected chi connectivity index (χ0v) is 19.4. The van der Waals surface area contributed by atoms with Gasteiger partial charge in [0.1, 0.15) is 18.2 Å². The first-order chi connectivity index (χ1) is 15.5. The average Bonchev–Trinajstić information content (AvgIpc) is 2.79. The minimum Gasteiger partial charge on any atom is -0.489 e. The Hall–Kier alpha value is -3.06. The summed E-state index contributed by atoms with van der Waals surface area (Å²) in [4.78, 5) is 29.7. The predicted molar refractivity (Wildman–Crippen MR) is 128 cm³/mol. The molecule has 1 N–H and O–H groups in total. The predicted octanol–water partition coefficient (Wildman–Crippen LogP) is 4.64.